The molecular weight excluding hydrogens is 520 g/mol. The average molecular weight is 555 g/mol. The summed E-state index contributed by atoms with van der Waals surface area (Å²) in [7, 11) is 1.52. The normalized spacial score (nSPS) is 15.2. The van der Waals surface area contributed by atoms with Crippen LogP contribution in [0.1, 0.15) is 43.2 Å². The van der Waals surface area contributed by atoms with E-state index >= 15 is 0 Å². The largest absolute Gasteiger partial charge is 0.445 e. The molecule has 1 aromatic heterocycles. The van der Waals surface area contributed by atoms with Crippen molar-refractivity contribution in [1.82, 2.24) is 15.0 Å². The zero-order valence-corrected chi connectivity index (χ0v) is 23.4. The first-order valence-corrected chi connectivity index (χ1v) is 13.6. The lowest BCUT2D eigenvalue weighted by Crippen LogP contribution is -2.35. The van der Waals surface area contributed by atoms with Crippen LogP contribution >= 0.6 is 0 Å². The van der Waals surface area contributed by atoms with Crippen LogP contribution in [0.4, 0.5) is 10.5 Å². The summed E-state index contributed by atoms with van der Waals surface area (Å²) in [6.07, 6.45) is -1.11. The number of carbonyl (C=O) groups excluding carboxylic acids is 1. The lowest BCUT2D eigenvalue weighted by molar-refractivity contribution is 0.150. The van der Waals surface area contributed by atoms with Crippen LogP contribution in [-0.2, 0) is 22.7 Å². The molecule has 0 bridgehead atoms. The summed E-state index contributed by atoms with van der Waals surface area (Å²) in [6.45, 7) is 5.46. The van der Waals surface area contributed by atoms with Gasteiger partial charge in [-0.1, -0.05) is 84.0 Å². The summed E-state index contributed by atoms with van der Waals surface area (Å²) in [5.41, 5.74) is 12.8. The number of anilines is 1. The number of aliphatic hydroxyl groups excluding tert-OH is 1. The number of para-hydroxylation sites is 1. The summed E-state index contributed by atoms with van der Waals surface area (Å²) in [6, 6.07) is 23.5. The highest BCUT2D eigenvalue weighted by atomic mass is 16.6. The van der Waals surface area contributed by atoms with Crippen LogP contribution in [0.2, 0.25) is 0 Å². The number of fused-ring (bicyclic) bond motifs is 5. The Labute approximate surface area is 239 Å². The highest BCUT2D eigenvalue weighted by Gasteiger charge is 2.32. The Morgan fingerprint density at radius 3 is 2.49 bits per heavy atom. The number of nitrogens with two attached hydrogens (primary N) is 1. The molecule has 0 saturated carbocycles. The molecule has 2 unspecified atom stereocenters. The quantitative estimate of drug-likeness (QED) is 0.217. The van der Waals surface area contributed by atoms with E-state index in [-0.39, 0.29) is 12.5 Å². The number of amides is 1. The van der Waals surface area contributed by atoms with E-state index in [4.69, 9.17) is 15.3 Å². The maximum absolute atomic E-state index is 11.9. The molecule has 0 fully saturated rings. The second kappa shape index (κ2) is 12.2. The maximum Gasteiger partial charge on any atom is 0.404 e. The van der Waals surface area contributed by atoms with Gasteiger partial charge in [0.2, 0.25) is 0 Å². The Morgan fingerprint density at radius 2 is 1.78 bits per heavy atom. The zero-order chi connectivity index (χ0) is 28.9. The second-order valence-corrected chi connectivity index (χ2v) is 10.1. The Hall–Kier alpha value is -4.70. The second-order valence-electron chi connectivity index (χ2n) is 10.1. The van der Waals surface area contributed by atoms with Gasteiger partial charge >= 0.3 is 6.09 Å². The van der Waals surface area contributed by atoms with Crippen molar-refractivity contribution in [3.63, 3.8) is 0 Å². The van der Waals surface area contributed by atoms with Gasteiger partial charge in [0, 0.05) is 35.5 Å². The van der Waals surface area contributed by atoms with Gasteiger partial charge in [-0.3, -0.25) is 0 Å². The molecule has 1 aliphatic rings. The molecule has 0 saturated heterocycles. The Morgan fingerprint density at radius 1 is 1.07 bits per heavy atom. The number of aromatic nitrogens is 3. The molecule has 0 aliphatic carbocycles. The van der Waals surface area contributed by atoms with E-state index in [0.717, 1.165) is 50.6 Å². The van der Waals surface area contributed by atoms with Crippen molar-refractivity contribution >= 4 is 17.5 Å². The molecular formula is C31H34N6O4. The van der Waals surface area contributed by atoms with Crippen LogP contribution in [0.3, 0.4) is 0 Å². The first-order valence-electron chi connectivity index (χ1n) is 13.6. The first kappa shape index (κ1) is 27.9. The third kappa shape index (κ3) is 5.78. The van der Waals surface area contributed by atoms with Crippen molar-refractivity contribution in [2.45, 2.75) is 39.6 Å². The number of ether oxygens (including phenoxy) is 1. The number of primary amides is 1. The van der Waals surface area contributed by atoms with Gasteiger partial charge in [-0.15, -0.1) is 5.10 Å². The smallest absolute Gasteiger partial charge is 0.404 e. The van der Waals surface area contributed by atoms with Crippen molar-refractivity contribution in [3.05, 3.63) is 89.5 Å². The molecule has 41 heavy (non-hydrogen) atoms. The summed E-state index contributed by atoms with van der Waals surface area (Å²) in [5, 5.41) is 25.2. The Kier molecular flexibility index (Phi) is 8.30. The molecule has 1 aliphatic heterocycles. The molecule has 3 N–H and O–H groups in total. The molecule has 1 amide bonds. The molecule has 10 heteroatoms. The molecule has 0 spiro atoms. The maximum atomic E-state index is 11.9. The predicted molar refractivity (Wildman–Crippen MR) is 157 cm³/mol. The standard InChI is InChI=1S/C31H34N6O4/c1-4-37-29-23-9-5-6-10-24(23)30(38)36(27-12-8-7-11-25(27)28(29)33-35-37)18-20(2)17-26(34-40-3)22-15-13-21(14-16-22)19-41-31(32)39/h5-16,20,30,38H,4,17-19H2,1-3H3,(H2,32,39)/b34-26+. The number of nitrogens with zero attached hydrogens (tertiary/aromatic N) is 5. The molecule has 2 heterocycles. The van der Waals surface area contributed by atoms with Gasteiger partial charge in [0.15, 0.2) is 6.23 Å². The number of aliphatic hydroxyl groups is 1. The van der Waals surface area contributed by atoms with Crippen molar-refractivity contribution in [1.29, 1.82) is 0 Å². The molecule has 10 nitrogen and oxygen atoms in total. The van der Waals surface area contributed by atoms with Crippen molar-refractivity contribution in [3.8, 4) is 22.5 Å². The molecule has 4 aromatic rings. The molecule has 2 atom stereocenters. The molecule has 5 rings (SSSR count). The van der Waals surface area contributed by atoms with Crippen LogP contribution in [-0.4, -0.2) is 45.6 Å². The summed E-state index contributed by atoms with van der Waals surface area (Å²) in [5.74, 6) is 0.0712. The molecule has 212 valence electrons. The van der Waals surface area contributed by atoms with Gasteiger partial charge in [-0.05, 0) is 36.5 Å². The SMILES string of the molecule is CCn1nnc2c1-c1ccccc1C(O)N(CC(C)C/C(=N\OC)c1ccc(COC(N)=O)cc1)c1ccccc1-2. The Bertz CT molecular complexity index is 1550. The van der Waals surface area contributed by atoms with Gasteiger partial charge in [0.05, 0.1) is 11.4 Å². The van der Waals surface area contributed by atoms with Crippen molar-refractivity contribution in [2.75, 3.05) is 18.6 Å². The van der Waals surface area contributed by atoms with E-state index in [9.17, 15) is 9.90 Å². The Balaban J connectivity index is 1.46. The third-order valence-electron chi connectivity index (χ3n) is 7.21. The van der Waals surface area contributed by atoms with Gasteiger partial charge in [-0.2, -0.15) is 0 Å². The minimum Gasteiger partial charge on any atom is -0.445 e. The summed E-state index contributed by atoms with van der Waals surface area (Å²) < 4.78 is 6.77. The van der Waals surface area contributed by atoms with Gasteiger partial charge in [-0.25, -0.2) is 9.48 Å². The van der Waals surface area contributed by atoms with Crippen LogP contribution in [0.5, 0.6) is 0 Å². The number of aryl methyl sites for hydroxylation is 1. The highest BCUT2D eigenvalue weighted by Crippen LogP contribution is 2.44. The highest BCUT2D eigenvalue weighted by molar-refractivity contribution is 6.00. The number of rotatable bonds is 9. The van der Waals surface area contributed by atoms with Crippen LogP contribution in [0, 0.1) is 5.92 Å². The predicted octanol–water partition coefficient (Wildman–Crippen LogP) is 5.12. The van der Waals surface area contributed by atoms with E-state index in [1.807, 2.05) is 89.3 Å². The zero-order valence-electron chi connectivity index (χ0n) is 23.4. The third-order valence-corrected chi connectivity index (χ3v) is 7.21. The van der Waals surface area contributed by atoms with Gasteiger partial charge in [0.1, 0.15) is 19.4 Å². The van der Waals surface area contributed by atoms with Crippen LogP contribution < -0.4 is 10.6 Å². The van der Waals surface area contributed by atoms with Crippen LogP contribution in [0.15, 0.2) is 78.0 Å². The summed E-state index contributed by atoms with van der Waals surface area (Å²) in [4.78, 5) is 18.2. The number of oxime groups is 1. The topological polar surface area (TPSA) is 128 Å². The van der Waals surface area contributed by atoms with Crippen molar-refractivity contribution in [2.24, 2.45) is 16.8 Å². The number of hydrogen-bond donors (Lipinski definition) is 2. The molecule has 0 radical (unpaired) electrons. The number of benzene rings is 3. The van der Waals surface area contributed by atoms with E-state index in [0.29, 0.717) is 19.5 Å². The fourth-order valence-corrected chi connectivity index (χ4v) is 5.34. The van der Waals surface area contributed by atoms with Crippen molar-refractivity contribution < 1.29 is 19.5 Å². The van der Waals surface area contributed by atoms with E-state index in [2.05, 4.69) is 22.4 Å². The fourth-order valence-electron chi connectivity index (χ4n) is 5.34. The molecule has 3 aromatic carbocycles. The van der Waals surface area contributed by atoms with E-state index < -0.39 is 12.3 Å². The first-order chi connectivity index (χ1) is 19.9. The monoisotopic (exact) mass is 554 g/mol. The lowest BCUT2D eigenvalue weighted by atomic mass is 9.92. The van der Waals surface area contributed by atoms with E-state index in [1.165, 1.54) is 7.11 Å². The average Bonchev–Trinajstić information content (AvgIpc) is 3.42. The fraction of sp³-hybridized carbons (Fsp3) is 0.290. The summed E-state index contributed by atoms with van der Waals surface area (Å²) >= 11 is 0. The minimum atomic E-state index is -0.893. The minimum absolute atomic E-state index is 0.0712. The van der Waals surface area contributed by atoms with Gasteiger partial charge < -0.3 is 25.3 Å². The van der Waals surface area contributed by atoms with E-state index in [1.54, 1.807) is 0 Å². The lowest BCUT2D eigenvalue weighted by Gasteiger charge is -2.36. The van der Waals surface area contributed by atoms with Crippen LogP contribution in [0.25, 0.3) is 22.5 Å². The number of carbonyl (C=O) groups is 1. The number of hydrogen-bond acceptors (Lipinski definition) is 8. The van der Waals surface area contributed by atoms with Gasteiger partial charge in [0.25, 0.3) is 0 Å².